The molecule has 236 valence electrons. The number of alkyl halides is 2. The van der Waals surface area contributed by atoms with E-state index in [0.29, 0.717) is 22.2 Å². The summed E-state index contributed by atoms with van der Waals surface area (Å²) in [7, 11) is 0. The summed E-state index contributed by atoms with van der Waals surface area (Å²) < 4.78 is 42.4. The first-order chi connectivity index (χ1) is 22.1. The fourth-order valence-electron chi connectivity index (χ4n) is 6.48. The number of amides is 3. The fraction of sp³-hybridized carbons (Fsp3) is 0.281. The lowest BCUT2D eigenvalue weighted by Crippen LogP contribution is -2.49. The van der Waals surface area contributed by atoms with E-state index in [4.69, 9.17) is 9.47 Å². The molecule has 1 atom stereocenters. The number of likely N-dealkylation sites (tertiary alicyclic amines) is 1. The third kappa shape index (κ3) is 4.86. The maximum absolute atomic E-state index is 14.9. The number of hydrogen-bond acceptors (Lipinski definition) is 7. The number of carboxylic acid groups (broad SMARTS) is 1. The molecular formula is C32H27F2N5O7. The van der Waals surface area contributed by atoms with E-state index >= 15 is 0 Å². The molecule has 2 saturated heterocycles. The van der Waals surface area contributed by atoms with Gasteiger partial charge in [-0.05, 0) is 35.4 Å². The number of nitrogens with zero attached hydrogens (tertiary/aromatic N) is 3. The molecule has 46 heavy (non-hydrogen) atoms. The molecule has 14 heteroatoms. The van der Waals surface area contributed by atoms with Crippen LogP contribution < -0.4 is 10.6 Å². The van der Waals surface area contributed by atoms with Crippen molar-refractivity contribution in [3.05, 3.63) is 89.4 Å². The quantitative estimate of drug-likeness (QED) is 0.294. The Balaban J connectivity index is 1.06. The van der Waals surface area contributed by atoms with Crippen LogP contribution in [0.5, 0.6) is 0 Å². The van der Waals surface area contributed by atoms with Crippen LogP contribution in [0.3, 0.4) is 0 Å². The van der Waals surface area contributed by atoms with Crippen molar-refractivity contribution < 1.29 is 42.5 Å². The van der Waals surface area contributed by atoms with Crippen LogP contribution in [0.4, 0.5) is 13.6 Å². The molecular weight excluding hydrogens is 604 g/mol. The number of carbonyl (C=O) groups is 4. The van der Waals surface area contributed by atoms with Gasteiger partial charge in [-0.2, -0.15) is 8.78 Å². The van der Waals surface area contributed by atoms with Crippen LogP contribution in [0.25, 0.3) is 22.0 Å². The third-order valence-electron chi connectivity index (χ3n) is 8.62. The van der Waals surface area contributed by atoms with Crippen LogP contribution in [-0.2, 0) is 31.5 Å². The van der Waals surface area contributed by atoms with E-state index in [0.717, 1.165) is 4.57 Å². The van der Waals surface area contributed by atoms with E-state index in [2.05, 4.69) is 15.6 Å². The van der Waals surface area contributed by atoms with Crippen LogP contribution in [-0.4, -0.2) is 81.5 Å². The third-order valence-corrected chi connectivity index (χ3v) is 8.62. The number of nitrogens with one attached hydrogen (secondary N) is 2. The SMILES string of the molecule is O=C(NCC(=O)N1CC2(C[C@H]1C(=O)NCc1cc3ccncc3n1C(=O)O)OCCO2)c1ccc2c(c1)-c1ccccc1C2(F)F. The summed E-state index contributed by atoms with van der Waals surface area (Å²) in [4.78, 5) is 57.1. The maximum atomic E-state index is 14.9. The molecule has 3 aliphatic rings. The number of rotatable bonds is 6. The molecule has 12 nitrogen and oxygen atoms in total. The van der Waals surface area contributed by atoms with Gasteiger partial charge < -0.3 is 30.1 Å². The average Bonchev–Trinajstić information content (AvgIpc) is 3.82. The molecule has 0 unspecified atom stereocenters. The van der Waals surface area contributed by atoms with E-state index < -0.39 is 48.1 Å². The monoisotopic (exact) mass is 631 g/mol. The molecule has 0 saturated carbocycles. The van der Waals surface area contributed by atoms with Gasteiger partial charge in [0.05, 0.1) is 44.6 Å². The first-order valence-electron chi connectivity index (χ1n) is 14.5. The summed E-state index contributed by atoms with van der Waals surface area (Å²) in [5.74, 6) is -6.18. The Morgan fingerprint density at radius 2 is 1.74 bits per heavy atom. The number of carbonyl (C=O) groups excluding carboxylic acids is 3. The predicted molar refractivity (Wildman–Crippen MR) is 157 cm³/mol. The molecule has 0 bridgehead atoms. The van der Waals surface area contributed by atoms with Crippen LogP contribution in [0.1, 0.15) is 33.6 Å². The van der Waals surface area contributed by atoms with Crippen LogP contribution >= 0.6 is 0 Å². The van der Waals surface area contributed by atoms with Crippen molar-refractivity contribution in [3.8, 4) is 11.1 Å². The second-order valence-electron chi connectivity index (χ2n) is 11.3. The molecule has 2 aliphatic heterocycles. The molecule has 1 aliphatic carbocycles. The lowest BCUT2D eigenvalue weighted by molar-refractivity contribution is -0.152. The summed E-state index contributed by atoms with van der Waals surface area (Å²) in [6, 6.07) is 12.2. The Bertz CT molecular complexity index is 1920. The Morgan fingerprint density at radius 1 is 0.978 bits per heavy atom. The second kappa shape index (κ2) is 11.0. The number of pyridine rings is 1. The highest BCUT2D eigenvalue weighted by Crippen LogP contribution is 2.51. The van der Waals surface area contributed by atoms with E-state index in [9.17, 15) is 33.1 Å². The van der Waals surface area contributed by atoms with Crippen LogP contribution in [0, 0.1) is 0 Å². The zero-order valence-electron chi connectivity index (χ0n) is 24.2. The molecule has 1 spiro atoms. The minimum atomic E-state index is -3.19. The van der Waals surface area contributed by atoms with Gasteiger partial charge in [0.2, 0.25) is 11.8 Å². The fourth-order valence-corrected chi connectivity index (χ4v) is 6.48. The Morgan fingerprint density at radius 3 is 2.52 bits per heavy atom. The van der Waals surface area contributed by atoms with E-state index in [1.165, 1.54) is 47.6 Å². The van der Waals surface area contributed by atoms with Crippen LogP contribution in [0.15, 0.2) is 67.0 Å². The maximum Gasteiger partial charge on any atom is 0.416 e. The smallest absolute Gasteiger partial charge is 0.416 e. The lowest BCUT2D eigenvalue weighted by Gasteiger charge is -2.24. The van der Waals surface area contributed by atoms with Crippen molar-refractivity contribution in [3.63, 3.8) is 0 Å². The summed E-state index contributed by atoms with van der Waals surface area (Å²) in [6.07, 6.45) is 1.73. The largest absolute Gasteiger partial charge is 0.464 e. The van der Waals surface area contributed by atoms with Crippen molar-refractivity contribution in [1.82, 2.24) is 25.1 Å². The van der Waals surface area contributed by atoms with Crippen molar-refractivity contribution >= 4 is 34.7 Å². The van der Waals surface area contributed by atoms with Gasteiger partial charge in [0.15, 0.2) is 5.79 Å². The molecule has 2 fully saturated rings. The normalized spacial score (nSPS) is 18.8. The summed E-state index contributed by atoms with van der Waals surface area (Å²) in [5, 5.41) is 15.6. The molecule has 3 amide bonds. The first kappa shape index (κ1) is 29.5. The van der Waals surface area contributed by atoms with Crippen LogP contribution in [0.2, 0.25) is 0 Å². The second-order valence-corrected chi connectivity index (χ2v) is 11.3. The molecule has 0 radical (unpaired) electrons. The molecule has 3 N–H and O–H groups in total. The van der Waals surface area contributed by atoms with E-state index in [1.54, 1.807) is 24.3 Å². The lowest BCUT2D eigenvalue weighted by atomic mass is 10.0. The van der Waals surface area contributed by atoms with Gasteiger partial charge in [0.25, 0.3) is 11.8 Å². The minimum Gasteiger partial charge on any atom is -0.464 e. The molecule has 2 aromatic carbocycles. The number of halogens is 2. The standard InChI is InChI=1S/C32H27F2N5O7/c33-32(34)23-4-2-1-3-21(23)22-12-19(5-6-24(22)32)28(41)37-16-27(40)38-17-31(45-9-10-46-31)13-25(38)29(42)36-14-20-11-18-7-8-35-15-26(18)39(20)30(43)44/h1-8,11-12,15,25H,9-10,13-14,16-17H2,(H,36,42)(H,37,41)(H,43,44)/t25-/m0/s1. The highest BCUT2D eigenvalue weighted by atomic mass is 19.3. The highest BCUT2D eigenvalue weighted by Gasteiger charge is 2.52. The van der Waals surface area contributed by atoms with Crippen molar-refractivity contribution in [1.29, 1.82) is 0 Å². The number of benzene rings is 2. The van der Waals surface area contributed by atoms with Crippen molar-refractivity contribution in [2.75, 3.05) is 26.3 Å². The van der Waals surface area contributed by atoms with E-state index in [-0.39, 0.29) is 55.0 Å². The Hall–Kier alpha value is -5.21. The van der Waals surface area contributed by atoms with Gasteiger partial charge >= 0.3 is 6.09 Å². The van der Waals surface area contributed by atoms with Gasteiger partial charge in [-0.1, -0.05) is 30.3 Å². The number of hydrogen-bond donors (Lipinski definition) is 3. The average molecular weight is 632 g/mol. The molecule has 4 heterocycles. The minimum absolute atomic E-state index is 0.0306. The topological polar surface area (TPSA) is 152 Å². The summed E-state index contributed by atoms with van der Waals surface area (Å²) in [6.45, 7) is -0.140. The summed E-state index contributed by atoms with van der Waals surface area (Å²) >= 11 is 0. The number of ether oxygens (including phenoxy) is 2. The van der Waals surface area contributed by atoms with Gasteiger partial charge in [-0.25, -0.2) is 9.36 Å². The van der Waals surface area contributed by atoms with Crippen molar-refractivity contribution in [2.24, 2.45) is 0 Å². The first-order valence-corrected chi connectivity index (χ1v) is 14.5. The van der Waals surface area contributed by atoms with E-state index in [1.807, 2.05) is 0 Å². The predicted octanol–water partition coefficient (Wildman–Crippen LogP) is 3.07. The van der Waals surface area contributed by atoms with Gasteiger partial charge in [0, 0.05) is 40.4 Å². The van der Waals surface area contributed by atoms with Gasteiger partial charge in [-0.15, -0.1) is 0 Å². The van der Waals surface area contributed by atoms with Gasteiger partial charge in [0.1, 0.15) is 6.04 Å². The molecule has 4 aromatic rings. The number of aromatic nitrogens is 2. The Kier molecular flexibility index (Phi) is 7.05. The van der Waals surface area contributed by atoms with Gasteiger partial charge in [-0.3, -0.25) is 19.4 Å². The van der Waals surface area contributed by atoms with Crippen molar-refractivity contribution in [2.45, 2.75) is 30.7 Å². The highest BCUT2D eigenvalue weighted by molar-refractivity contribution is 5.99. The number of fused-ring (bicyclic) bond motifs is 4. The summed E-state index contributed by atoms with van der Waals surface area (Å²) in [5.41, 5.74) is 0.994. The zero-order valence-corrected chi connectivity index (χ0v) is 24.2. The zero-order chi connectivity index (χ0) is 32.2. The Labute approximate surface area is 259 Å². The molecule has 7 rings (SSSR count). The molecule has 2 aromatic heterocycles.